The molecule has 1 N–H and O–H groups in total. The monoisotopic (exact) mass is 385 g/mol. The normalized spacial score (nSPS) is 10.9. The Morgan fingerprint density at radius 2 is 2.07 bits per heavy atom. The number of carboxylic acids is 1. The molecule has 0 atom stereocenters. The molecule has 136 valence electrons. The topological polar surface area (TPSA) is 134 Å². The van der Waals surface area contributed by atoms with E-state index in [0.29, 0.717) is 27.9 Å². The van der Waals surface area contributed by atoms with Crippen LogP contribution in [0.2, 0.25) is 5.02 Å². The number of nitrogens with one attached hydrogen (secondary N) is 1. The van der Waals surface area contributed by atoms with Gasteiger partial charge in [-0.1, -0.05) is 17.7 Å². The van der Waals surface area contributed by atoms with Crippen molar-refractivity contribution in [3.63, 3.8) is 0 Å². The molecule has 0 aliphatic heterocycles. The molecule has 2 aromatic heterocycles. The Balaban J connectivity index is 1.72. The van der Waals surface area contributed by atoms with Gasteiger partial charge >= 0.3 is 0 Å². The molecule has 0 fully saturated rings. The number of pyridine rings is 1. The second-order valence-electron chi connectivity index (χ2n) is 5.21. The summed E-state index contributed by atoms with van der Waals surface area (Å²) in [5.74, 6) is -0.276. The minimum absolute atomic E-state index is 0.0214. The van der Waals surface area contributed by atoms with E-state index in [9.17, 15) is 20.0 Å². The second kappa shape index (κ2) is 7.67. The van der Waals surface area contributed by atoms with Crippen molar-refractivity contribution in [1.82, 2.24) is 4.98 Å². The quantitative estimate of drug-likeness (QED) is 0.391. The first-order valence-corrected chi connectivity index (χ1v) is 7.82. The lowest BCUT2D eigenvalue weighted by Crippen LogP contribution is -2.22. The van der Waals surface area contributed by atoms with Crippen LogP contribution < -0.4 is 10.5 Å². The van der Waals surface area contributed by atoms with Gasteiger partial charge in [-0.15, -0.1) is 0 Å². The number of furan rings is 1. The van der Waals surface area contributed by atoms with Crippen LogP contribution in [0.3, 0.4) is 0 Å². The Bertz CT molecular complexity index is 1030. The number of aromatic nitrogens is 1. The van der Waals surface area contributed by atoms with Crippen LogP contribution in [0.25, 0.3) is 11.3 Å². The molecule has 3 rings (SSSR count). The van der Waals surface area contributed by atoms with Crippen LogP contribution in [0, 0.1) is 10.1 Å². The van der Waals surface area contributed by atoms with Crippen molar-refractivity contribution in [2.75, 3.05) is 5.43 Å². The Kier molecular flexibility index (Phi) is 5.13. The van der Waals surface area contributed by atoms with Gasteiger partial charge in [0.05, 0.1) is 22.1 Å². The van der Waals surface area contributed by atoms with E-state index in [2.05, 4.69) is 15.5 Å². The Morgan fingerprint density at radius 1 is 1.26 bits per heavy atom. The lowest BCUT2D eigenvalue weighted by molar-refractivity contribution is -0.385. The molecule has 3 aromatic rings. The smallest absolute Gasteiger partial charge is 0.287 e. The molecular weight excluding hydrogens is 376 g/mol. The molecule has 0 radical (unpaired) electrons. The van der Waals surface area contributed by atoms with Crippen molar-refractivity contribution < 1.29 is 19.2 Å². The van der Waals surface area contributed by atoms with Gasteiger partial charge in [0.1, 0.15) is 23.5 Å². The Morgan fingerprint density at radius 3 is 2.74 bits per heavy atom. The number of nitrogens with zero attached hydrogens (tertiary/aromatic N) is 3. The maximum absolute atomic E-state index is 11.0. The van der Waals surface area contributed by atoms with Gasteiger partial charge < -0.3 is 14.3 Å². The lowest BCUT2D eigenvalue weighted by Gasteiger charge is -2.06. The summed E-state index contributed by atoms with van der Waals surface area (Å²) < 4.78 is 5.58. The Hall–Kier alpha value is -3.72. The van der Waals surface area contributed by atoms with Crippen LogP contribution in [0.15, 0.2) is 58.2 Å². The third-order valence-electron chi connectivity index (χ3n) is 3.42. The first kappa shape index (κ1) is 18.1. The van der Waals surface area contributed by atoms with Crippen LogP contribution in [0.5, 0.6) is 0 Å². The second-order valence-corrected chi connectivity index (χ2v) is 5.62. The number of benzene rings is 1. The highest BCUT2D eigenvalue weighted by molar-refractivity contribution is 6.33. The van der Waals surface area contributed by atoms with Crippen molar-refractivity contribution in [2.24, 2.45) is 5.10 Å². The number of carboxylic acid groups (broad SMARTS) is 1. The average Bonchev–Trinajstić information content (AvgIpc) is 3.11. The molecule has 0 amide bonds. The van der Waals surface area contributed by atoms with Crippen molar-refractivity contribution in [2.45, 2.75) is 0 Å². The number of aromatic carboxylic acids is 1. The first-order valence-electron chi connectivity index (χ1n) is 7.44. The number of hydrazone groups is 1. The van der Waals surface area contributed by atoms with Gasteiger partial charge in [0, 0.05) is 11.6 Å². The summed E-state index contributed by atoms with van der Waals surface area (Å²) in [5.41, 5.74) is 2.86. The Labute approximate surface area is 157 Å². The predicted octanol–water partition coefficient (Wildman–Crippen LogP) is 2.71. The molecule has 1 aromatic carbocycles. The van der Waals surface area contributed by atoms with E-state index in [4.69, 9.17) is 16.0 Å². The van der Waals surface area contributed by atoms with E-state index in [0.717, 1.165) is 6.20 Å². The fraction of sp³-hybridized carbons (Fsp3) is 0. The maximum atomic E-state index is 11.0. The molecule has 0 aliphatic carbocycles. The zero-order chi connectivity index (χ0) is 19.4. The summed E-state index contributed by atoms with van der Waals surface area (Å²) in [6.45, 7) is 0. The fourth-order valence-corrected chi connectivity index (χ4v) is 2.34. The van der Waals surface area contributed by atoms with Gasteiger partial charge in [-0.25, -0.2) is 4.98 Å². The molecule has 0 bridgehead atoms. The SMILES string of the molecule is O=C([O-])c1ccc(Cl)c(-c2ccc(/C=N\Nc3ccc([N+](=O)[O-])cn3)o2)c1. The van der Waals surface area contributed by atoms with Crippen molar-refractivity contribution in [1.29, 1.82) is 0 Å². The van der Waals surface area contributed by atoms with Gasteiger partial charge in [-0.3, -0.25) is 15.5 Å². The van der Waals surface area contributed by atoms with Gasteiger partial charge in [0.25, 0.3) is 5.69 Å². The molecule has 2 heterocycles. The van der Waals surface area contributed by atoms with E-state index < -0.39 is 10.9 Å². The average molecular weight is 386 g/mol. The van der Waals surface area contributed by atoms with Crippen molar-refractivity contribution in [3.05, 3.63) is 75.1 Å². The summed E-state index contributed by atoms with van der Waals surface area (Å²) in [7, 11) is 0. The third kappa shape index (κ3) is 4.28. The molecule has 0 saturated heterocycles. The van der Waals surface area contributed by atoms with Gasteiger partial charge in [-0.05, 0) is 35.9 Å². The summed E-state index contributed by atoms with van der Waals surface area (Å²) in [6.07, 6.45) is 2.47. The van der Waals surface area contributed by atoms with E-state index in [-0.39, 0.29) is 11.3 Å². The van der Waals surface area contributed by atoms with E-state index in [1.807, 2.05) is 0 Å². The zero-order valence-corrected chi connectivity index (χ0v) is 14.2. The number of anilines is 1. The molecule has 0 unspecified atom stereocenters. The number of carbonyl (C=O) groups excluding carboxylic acids is 1. The van der Waals surface area contributed by atoms with Gasteiger partial charge in [0.15, 0.2) is 0 Å². The van der Waals surface area contributed by atoms with Crippen LogP contribution in [-0.4, -0.2) is 22.1 Å². The summed E-state index contributed by atoms with van der Waals surface area (Å²) >= 11 is 6.09. The predicted molar refractivity (Wildman–Crippen MR) is 95.6 cm³/mol. The number of hydrogen-bond acceptors (Lipinski definition) is 8. The molecule has 10 heteroatoms. The van der Waals surface area contributed by atoms with Crippen LogP contribution in [-0.2, 0) is 0 Å². The molecular formula is C17H10ClN4O5-. The van der Waals surface area contributed by atoms with Crippen LogP contribution in [0.4, 0.5) is 11.5 Å². The lowest BCUT2D eigenvalue weighted by atomic mass is 10.1. The zero-order valence-electron chi connectivity index (χ0n) is 13.5. The number of hydrogen-bond donors (Lipinski definition) is 1. The third-order valence-corrected chi connectivity index (χ3v) is 3.75. The highest BCUT2D eigenvalue weighted by Crippen LogP contribution is 2.30. The van der Waals surface area contributed by atoms with Crippen molar-refractivity contribution in [3.8, 4) is 11.3 Å². The fourth-order valence-electron chi connectivity index (χ4n) is 2.13. The van der Waals surface area contributed by atoms with Gasteiger partial charge in [-0.2, -0.15) is 5.10 Å². The highest BCUT2D eigenvalue weighted by atomic mass is 35.5. The molecule has 0 spiro atoms. The minimum Gasteiger partial charge on any atom is -0.545 e. The molecule has 0 aliphatic rings. The van der Waals surface area contributed by atoms with E-state index in [1.54, 1.807) is 12.1 Å². The summed E-state index contributed by atoms with van der Waals surface area (Å²) in [5, 5.41) is 25.8. The molecule has 0 saturated carbocycles. The van der Waals surface area contributed by atoms with E-state index in [1.165, 1.54) is 36.5 Å². The van der Waals surface area contributed by atoms with Gasteiger partial charge in [0.2, 0.25) is 0 Å². The summed E-state index contributed by atoms with van der Waals surface area (Å²) in [6, 6.07) is 10.1. The number of nitro groups is 1. The van der Waals surface area contributed by atoms with Crippen LogP contribution >= 0.6 is 11.6 Å². The largest absolute Gasteiger partial charge is 0.545 e. The number of rotatable bonds is 6. The van der Waals surface area contributed by atoms with E-state index >= 15 is 0 Å². The molecule has 27 heavy (non-hydrogen) atoms. The van der Waals surface area contributed by atoms with Crippen molar-refractivity contribution >= 4 is 35.3 Å². The van der Waals surface area contributed by atoms with Crippen LogP contribution in [0.1, 0.15) is 16.1 Å². The standard InChI is InChI=1S/C17H11ClN4O5/c18-14-4-1-10(17(23)24)7-13(14)15-5-3-12(27-15)9-20-21-16-6-2-11(8-19-16)22(25)26/h1-9H,(H,19,21)(H,23,24)/p-1/b20-9-. The number of halogens is 1. The first-order chi connectivity index (χ1) is 12.9. The highest BCUT2D eigenvalue weighted by Gasteiger charge is 2.10. The number of carbonyl (C=O) groups is 1. The summed E-state index contributed by atoms with van der Waals surface area (Å²) in [4.78, 5) is 24.8. The maximum Gasteiger partial charge on any atom is 0.287 e. The molecule has 9 nitrogen and oxygen atoms in total. The minimum atomic E-state index is -1.32.